The van der Waals surface area contributed by atoms with Gasteiger partial charge in [0.2, 0.25) is 5.91 Å². The molecule has 1 fully saturated rings. The third-order valence-corrected chi connectivity index (χ3v) is 5.17. The maximum absolute atomic E-state index is 12.8. The Kier molecular flexibility index (Phi) is 8.87. The molecule has 2 amide bonds. The molecule has 2 aromatic carbocycles. The Balaban J connectivity index is 1.43. The third kappa shape index (κ3) is 7.38. The number of likely N-dealkylation sites (tertiary alicyclic amines) is 1. The molecule has 0 aromatic heterocycles. The molecule has 0 spiro atoms. The molecule has 0 saturated carbocycles. The first-order valence-corrected chi connectivity index (χ1v) is 10.8. The van der Waals surface area contributed by atoms with Gasteiger partial charge in [0.25, 0.3) is 5.91 Å². The van der Waals surface area contributed by atoms with Crippen LogP contribution in [0.2, 0.25) is 0 Å². The Morgan fingerprint density at radius 2 is 1.71 bits per heavy atom. The minimum Gasteiger partial charge on any atom is -0.490 e. The van der Waals surface area contributed by atoms with Crippen molar-refractivity contribution < 1.29 is 19.1 Å². The van der Waals surface area contributed by atoms with Crippen LogP contribution in [0.3, 0.4) is 0 Å². The van der Waals surface area contributed by atoms with Crippen LogP contribution in [0.25, 0.3) is 0 Å². The number of nitrogens with one attached hydrogen (secondary N) is 2. The van der Waals surface area contributed by atoms with E-state index in [-0.39, 0.29) is 17.9 Å². The van der Waals surface area contributed by atoms with E-state index < -0.39 is 0 Å². The number of piperidine rings is 1. The Bertz CT molecular complexity index is 836. The average molecular weight is 426 g/mol. The smallest absolute Gasteiger partial charge is 0.255 e. The first kappa shape index (κ1) is 22.8. The second-order valence-electron chi connectivity index (χ2n) is 7.48. The minimum atomic E-state index is -0.132. The zero-order valence-corrected chi connectivity index (χ0v) is 18.0. The molecule has 3 rings (SSSR count). The lowest BCUT2D eigenvalue weighted by molar-refractivity contribution is -0.117. The molecule has 7 nitrogen and oxygen atoms in total. The van der Waals surface area contributed by atoms with E-state index in [9.17, 15) is 9.59 Å². The molecule has 1 heterocycles. The van der Waals surface area contributed by atoms with Gasteiger partial charge >= 0.3 is 0 Å². The van der Waals surface area contributed by atoms with Gasteiger partial charge in [0.1, 0.15) is 12.4 Å². The van der Waals surface area contributed by atoms with E-state index >= 15 is 0 Å². The molecule has 1 aliphatic rings. The van der Waals surface area contributed by atoms with E-state index in [4.69, 9.17) is 9.47 Å². The van der Waals surface area contributed by atoms with Gasteiger partial charge in [0.15, 0.2) is 0 Å². The van der Waals surface area contributed by atoms with Crippen LogP contribution in [-0.2, 0) is 9.53 Å². The minimum absolute atomic E-state index is 0.0215. The summed E-state index contributed by atoms with van der Waals surface area (Å²) < 4.78 is 11.0. The van der Waals surface area contributed by atoms with Crippen molar-refractivity contribution in [3.63, 3.8) is 0 Å². The second kappa shape index (κ2) is 12.1. The average Bonchev–Trinajstić information content (AvgIpc) is 2.79. The first-order valence-electron chi connectivity index (χ1n) is 10.8. The van der Waals surface area contributed by atoms with Gasteiger partial charge in [0, 0.05) is 31.4 Å². The third-order valence-electron chi connectivity index (χ3n) is 5.17. The summed E-state index contributed by atoms with van der Waals surface area (Å²) in [5, 5.41) is 6.03. The maximum Gasteiger partial charge on any atom is 0.255 e. The van der Waals surface area contributed by atoms with Crippen LogP contribution in [0.15, 0.2) is 54.6 Å². The van der Waals surface area contributed by atoms with Crippen LogP contribution in [0.1, 0.15) is 30.1 Å². The van der Waals surface area contributed by atoms with Gasteiger partial charge in [-0.25, -0.2) is 0 Å². The monoisotopic (exact) mass is 425 g/mol. The maximum atomic E-state index is 12.8. The number of para-hydroxylation sites is 2. The van der Waals surface area contributed by atoms with E-state index in [2.05, 4.69) is 15.5 Å². The van der Waals surface area contributed by atoms with Crippen molar-refractivity contribution in [1.82, 2.24) is 10.2 Å². The van der Waals surface area contributed by atoms with E-state index in [1.54, 1.807) is 12.1 Å². The molecule has 2 aromatic rings. The number of carbonyl (C=O) groups excluding carboxylic acids is 2. The lowest BCUT2D eigenvalue weighted by Gasteiger charge is -2.32. The zero-order valence-electron chi connectivity index (χ0n) is 18.0. The first-order chi connectivity index (χ1) is 15.2. The van der Waals surface area contributed by atoms with Crippen molar-refractivity contribution in [1.29, 1.82) is 0 Å². The van der Waals surface area contributed by atoms with Crippen LogP contribution < -0.4 is 15.4 Å². The van der Waals surface area contributed by atoms with E-state index in [0.717, 1.165) is 31.6 Å². The standard InChI is InChI=1S/C24H31N3O4/c1-2-30-16-17-31-22-11-7-6-10-21(22)24(29)26-20-12-14-27(15-13-20)18-23(28)25-19-8-4-3-5-9-19/h3-11,20H,2,12-18H2,1H3,(H,25,28)(H,26,29). The highest BCUT2D eigenvalue weighted by atomic mass is 16.5. The quantitative estimate of drug-likeness (QED) is 0.572. The van der Waals surface area contributed by atoms with Crippen molar-refractivity contribution in [2.75, 3.05) is 44.8 Å². The lowest BCUT2D eigenvalue weighted by atomic mass is 10.0. The number of hydrogen-bond acceptors (Lipinski definition) is 5. The Morgan fingerprint density at radius 3 is 2.45 bits per heavy atom. The van der Waals surface area contributed by atoms with Crippen molar-refractivity contribution >= 4 is 17.5 Å². The number of rotatable bonds is 10. The van der Waals surface area contributed by atoms with Crippen LogP contribution in [0, 0.1) is 0 Å². The SMILES string of the molecule is CCOCCOc1ccccc1C(=O)NC1CCN(CC(=O)Nc2ccccc2)CC1. The summed E-state index contributed by atoms with van der Waals surface area (Å²) in [7, 11) is 0. The molecule has 166 valence electrons. The zero-order chi connectivity index (χ0) is 21.9. The van der Waals surface area contributed by atoms with Gasteiger partial charge in [-0.15, -0.1) is 0 Å². The summed E-state index contributed by atoms with van der Waals surface area (Å²) in [6.45, 7) is 5.34. The molecule has 2 N–H and O–H groups in total. The van der Waals surface area contributed by atoms with Gasteiger partial charge in [-0.2, -0.15) is 0 Å². The van der Waals surface area contributed by atoms with Crippen molar-refractivity contribution in [2.24, 2.45) is 0 Å². The van der Waals surface area contributed by atoms with Crippen molar-refractivity contribution in [3.05, 3.63) is 60.2 Å². The van der Waals surface area contributed by atoms with Gasteiger partial charge in [-0.1, -0.05) is 30.3 Å². The summed E-state index contributed by atoms with van der Waals surface area (Å²) in [5.74, 6) is 0.411. The molecular weight excluding hydrogens is 394 g/mol. The fraction of sp³-hybridized carbons (Fsp3) is 0.417. The van der Waals surface area contributed by atoms with E-state index in [1.165, 1.54) is 0 Å². The van der Waals surface area contributed by atoms with Gasteiger partial charge < -0.3 is 20.1 Å². The number of benzene rings is 2. The van der Waals surface area contributed by atoms with Crippen LogP contribution in [0.4, 0.5) is 5.69 Å². The van der Waals surface area contributed by atoms with Gasteiger partial charge in [-0.05, 0) is 44.0 Å². The predicted octanol–water partition coefficient (Wildman–Crippen LogP) is 2.93. The summed E-state index contributed by atoms with van der Waals surface area (Å²) in [6.07, 6.45) is 1.61. The molecule has 0 aliphatic carbocycles. The largest absolute Gasteiger partial charge is 0.490 e. The summed E-state index contributed by atoms with van der Waals surface area (Å²) in [5.41, 5.74) is 1.33. The highest BCUT2D eigenvalue weighted by Crippen LogP contribution is 2.19. The van der Waals surface area contributed by atoms with Crippen molar-refractivity contribution in [3.8, 4) is 5.75 Å². The molecule has 0 unspecified atom stereocenters. The molecule has 0 atom stereocenters. The topological polar surface area (TPSA) is 79.9 Å². The van der Waals surface area contributed by atoms with Crippen LogP contribution in [0.5, 0.6) is 5.75 Å². The predicted molar refractivity (Wildman–Crippen MR) is 120 cm³/mol. The van der Waals surface area contributed by atoms with Crippen LogP contribution >= 0.6 is 0 Å². The fourth-order valence-electron chi connectivity index (χ4n) is 3.56. The molecule has 0 radical (unpaired) electrons. The van der Waals surface area contributed by atoms with Gasteiger partial charge in [0.05, 0.1) is 18.7 Å². The Labute approximate surface area is 183 Å². The number of amides is 2. The molecule has 0 bridgehead atoms. The highest BCUT2D eigenvalue weighted by Gasteiger charge is 2.23. The lowest BCUT2D eigenvalue weighted by Crippen LogP contribution is -2.46. The summed E-state index contributed by atoms with van der Waals surface area (Å²) >= 11 is 0. The summed E-state index contributed by atoms with van der Waals surface area (Å²) in [6, 6.07) is 16.8. The van der Waals surface area contributed by atoms with E-state index in [1.807, 2.05) is 49.4 Å². The number of anilines is 1. The summed E-state index contributed by atoms with van der Waals surface area (Å²) in [4.78, 5) is 27.1. The van der Waals surface area contributed by atoms with Gasteiger partial charge in [-0.3, -0.25) is 14.5 Å². The number of carbonyl (C=O) groups is 2. The Hall–Kier alpha value is -2.90. The van der Waals surface area contributed by atoms with Crippen LogP contribution in [-0.4, -0.2) is 62.2 Å². The molecule has 7 heteroatoms. The highest BCUT2D eigenvalue weighted by molar-refractivity contribution is 5.97. The van der Waals surface area contributed by atoms with E-state index in [0.29, 0.717) is 37.7 Å². The molecule has 1 aliphatic heterocycles. The fourth-order valence-corrected chi connectivity index (χ4v) is 3.56. The normalized spacial score (nSPS) is 14.7. The molecular formula is C24H31N3O4. The molecule has 31 heavy (non-hydrogen) atoms. The number of ether oxygens (including phenoxy) is 2. The number of hydrogen-bond donors (Lipinski definition) is 2. The van der Waals surface area contributed by atoms with Crippen molar-refractivity contribution in [2.45, 2.75) is 25.8 Å². The Morgan fingerprint density at radius 1 is 1.00 bits per heavy atom. The number of nitrogens with zero attached hydrogens (tertiary/aromatic N) is 1. The second-order valence-corrected chi connectivity index (χ2v) is 7.48. The molecule has 1 saturated heterocycles.